The number of hydrogen-bond acceptors (Lipinski definition) is 3. The molecule has 3 N–H and O–H groups in total. The summed E-state index contributed by atoms with van der Waals surface area (Å²) in [4.78, 5) is 0.321. The van der Waals surface area contributed by atoms with Gasteiger partial charge in [-0.15, -0.1) is 12.4 Å². The lowest BCUT2D eigenvalue weighted by molar-refractivity contribution is 0.575. The van der Waals surface area contributed by atoms with Crippen molar-refractivity contribution < 1.29 is 8.42 Å². The Bertz CT molecular complexity index is 432. The average molecular weight is 293 g/mol. The predicted molar refractivity (Wildman–Crippen MR) is 76.5 cm³/mol. The van der Waals surface area contributed by atoms with Gasteiger partial charge in [-0.05, 0) is 38.4 Å². The van der Waals surface area contributed by atoms with Crippen LogP contribution in [0.25, 0.3) is 0 Å². The van der Waals surface area contributed by atoms with Crippen LogP contribution in [0.4, 0.5) is 0 Å². The van der Waals surface area contributed by atoms with E-state index in [0.29, 0.717) is 18.0 Å². The number of halogens is 1. The number of sulfonamides is 1. The van der Waals surface area contributed by atoms with Gasteiger partial charge in [-0.2, -0.15) is 0 Å². The second-order valence-corrected chi connectivity index (χ2v) is 5.83. The molecule has 0 spiro atoms. The molecular formula is C12H21ClN2O2S. The lowest BCUT2D eigenvalue weighted by atomic mass is 10.2. The fourth-order valence-electron chi connectivity index (χ4n) is 1.45. The summed E-state index contributed by atoms with van der Waals surface area (Å²) in [6.07, 6.45) is 2.71. The monoisotopic (exact) mass is 292 g/mol. The summed E-state index contributed by atoms with van der Waals surface area (Å²) in [6.45, 7) is 3.05. The molecule has 0 aliphatic rings. The fraction of sp³-hybridized carbons (Fsp3) is 0.500. The van der Waals surface area contributed by atoms with Crippen LogP contribution in [0.15, 0.2) is 29.2 Å². The highest BCUT2D eigenvalue weighted by molar-refractivity contribution is 7.89. The number of hydrogen-bond donors (Lipinski definition) is 2. The smallest absolute Gasteiger partial charge is 0.240 e. The third-order valence-corrected chi connectivity index (χ3v) is 3.98. The van der Waals surface area contributed by atoms with E-state index in [1.807, 2.05) is 6.92 Å². The molecule has 0 aliphatic heterocycles. The van der Waals surface area contributed by atoms with E-state index < -0.39 is 10.0 Å². The third-order valence-electron chi connectivity index (χ3n) is 2.50. The van der Waals surface area contributed by atoms with Crippen molar-refractivity contribution in [3.8, 4) is 0 Å². The zero-order valence-corrected chi connectivity index (χ0v) is 12.2. The molecule has 0 saturated heterocycles. The van der Waals surface area contributed by atoms with E-state index in [0.717, 1.165) is 24.8 Å². The molecule has 18 heavy (non-hydrogen) atoms. The maximum atomic E-state index is 11.8. The first-order valence-electron chi connectivity index (χ1n) is 5.82. The van der Waals surface area contributed by atoms with Crippen molar-refractivity contribution in [2.24, 2.45) is 5.73 Å². The summed E-state index contributed by atoms with van der Waals surface area (Å²) in [5.41, 5.74) is 6.41. The van der Waals surface area contributed by atoms with Crippen molar-refractivity contribution in [1.82, 2.24) is 4.72 Å². The highest BCUT2D eigenvalue weighted by Crippen LogP contribution is 2.09. The van der Waals surface area contributed by atoms with Crippen molar-refractivity contribution in [1.29, 1.82) is 0 Å². The average Bonchev–Trinajstić information content (AvgIpc) is 2.29. The molecule has 1 aromatic rings. The zero-order chi connectivity index (χ0) is 12.7. The Morgan fingerprint density at radius 2 is 1.72 bits per heavy atom. The van der Waals surface area contributed by atoms with E-state index in [1.165, 1.54) is 0 Å². The molecule has 104 valence electrons. The molecule has 6 heteroatoms. The maximum Gasteiger partial charge on any atom is 0.240 e. The summed E-state index contributed by atoms with van der Waals surface area (Å²) in [6, 6.07) is 6.83. The van der Waals surface area contributed by atoms with E-state index in [9.17, 15) is 8.42 Å². The minimum atomic E-state index is -3.35. The molecule has 1 rings (SSSR count). The van der Waals surface area contributed by atoms with Gasteiger partial charge in [0.15, 0.2) is 0 Å². The lowest BCUT2D eigenvalue weighted by Crippen LogP contribution is -2.24. The molecule has 0 radical (unpaired) electrons. The molecule has 0 bridgehead atoms. The molecule has 0 aliphatic carbocycles. The number of nitrogens with one attached hydrogen (secondary N) is 1. The van der Waals surface area contributed by atoms with Crippen molar-refractivity contribution >= 4 is 22.4 Å². The van der Waals surface area contributed by atoms with Gasteiger partial charge in [0, 0.05) is 6.54 Å². The third kappa shape index (κ3) is 5.82. The molecule has 0 amide bonds. The van der Waals surface area contributed by atoms with Crippen LogP contribution >= 0.6 is 12.4 Å². The van der Waals surface area contributed by atoms with Crippen molar-refractivity contribution in [3.63, 3.8) is 0 Å². The van der Waals surface area contributed by atoms with Crippen LogP contribution in [0.5, 0.6) is 0 Å². The van der Waals surface area contributed by atoms with Crippen molar-refractivity contribution in [3.05, 3.63) is 29.8 Å². The molecule has 0 unspecified atom stereocenters. The first-order chi connectivity index (χ1) is 8.06. The Labute approximate surface area is 115 Å². The van der Waals surface area contributed by atoms with Crippen LogP contribution in [0.1, 0.15) is 24.8 Å². The van der Waals surface area contributed by atoms with E-state index in [-0.39, 0.29) is 12.4 Å². The highest BCUT2D eigenvalue weighted by Gasteiger charge is 2.12. The summed E-state index contributed by atoms with van der Waals surface area (Å²) < 4.78 is 26.3. The number of aryl methyl sites for hydroxylation is 1. The van der Waals surface area contributed by atoms with E-state index in [2.05, 4.69) is 4.72 Å². The van der Waals surface area contributed by atoms with Gasteiger partial charge in [0.25, 0.3) is 0 Å². The van der Waals surface area contributed by atoms with Gasteiger partial charge in [-0.3, -0.25) is 0 Å². The fourth-order valence-corrected chi connectivity index (χ4v) is 2.53. The minimum Gasteiger partial charge on any atom is -0.330 e. The van der Waals surface area contributed by atoms with Crippen LogP contribution in [0, 0.1) is 6.92 Å². The van der Waals surface area contributed by atoms with Gasteiger partial charge in [-0.1, -0.05) is 24.1 Å². The SMILES string of the molecule is Cc1ccc(S(=O)(=O)NCCCCCN)cc1.Cl. The van der Waals surface area contributed by atoms with Crippen molar-refractivity contribution in [2.75, 3.05) is 13.1 Å². The molecule has 1 aromatic carbocycles. The molecule has 0 fully saturated rings. The van der Waals surface area contributed by atoms with Crippen LogP contribution in [-0.4, -0.2) is 21.5 Å². The second kappa shape index (κ2) is 8.48. The first-order valence-corrected chi connectivity index (χ1v) is 7.31. The van der Waals surface area contributed by atoms with Crippen LogP contribution in [0.3, 0.4) is 0 Å². The Balaban J connectivity index is 0.00000289. The first kappa shape index (κ1) is 17.4. The molecule has 0 heterocycles. The normalized spacial score (nSPS) is 11.0. The quantitative estimate of drug-likeness (QED) is 0.753. The van der Waals surface area contributed by atoms with E-state index in [1.54, 1.807) is 24.3 Å². The maximum absolute atomic E-state index is 11.8. The van der Waals surface area contributed by atoms with Crippen LogP contribution in [-0.2, 0) is 10.0 Å². The van der Waals surface area contributed by atoms with Gasteiger partial charge in [-0.25, -0.2) is 13.1 Å². The van der Waals surface area contributed by atoms with E-state index in [4.69, 9.17) is 5.73 Å². The minimum absolute atomic E-state index is 0. The highest BCUT2D eigenvalue weighted by atomic mass is 35.5. The molecule has 0 saturated carbocycles. The van der Waals surface area contributed by atoms with Gasteiger partial charge in [0.05, 0.1) is 4.90 Å². The van der Waals surface area contributed by atoms with Gasteiger partial charge < -0.3 is 5.73 Å². The zero-order valence-electron chi connectivity index (χ0n) is 10.6. The van der Waals surface area contributed by atoms with Crippen LogP contribution in [0.2, 0.25) is 0 Å². The largest absolute Gasteiger partial charge is 0.330 e. The number of nitrogens with two attached hydrogens (primary N) is 1. The second-order valence-electron chi connectivity index (χ2n) is 4.06. The van der Waals surface area contributed by atoms with Gasteiger partial charge in [0.2, 0.25) is 10.0 Å². The standard InChI is InChI=1S/C12H20N2O2S.ClH/c1-11-5-7-12(8-6-11)17(15,16)14-10-4-2-3-9-13;/h5-8,14H,2-4,9-10,13H2,1H3;1H. The Hall–Kier alpha value is -0.620. The van der Waals surface area contributed by atoms with Crippen LogP contribution < -0.4 is 10.5 Å². The lowest BCUT2D eigenvalue weighted by Gasteiger charge is -2.06. The van der Waals surface area contributed by atoms with E-state index >= 15 is 0 Å². The van der Waals surface area contributed by atoms with Gasteiger partial charge in [0.1, 0.15) is 0 Å². The topological polar surface area (TPSA) is 72.2 Å². The predicted octanol–water partition coefficient (Wildman–Crippen LogP) is 1.82. The number of benzene rings is 1. The molecular weight excluding hydrogens is 272 g/mol. The van der Waals surface area contributed by atoms with Gasteiger partial charge >= 0.3 is 0 Å². The Morgan fingerprint density at radius 1 is 1.11 bits per heavy atom. The van der Waals surface area contributed by atoms with Crippen molar-refractivity contribution in [2.45, 2.75) is 31.1 Å². The summed E-state index contributed by atoms with van der Waals surface area (Å²) >= 11 is 0. The molecule has 0 atom stereocenters. The Kier molecular flexibility index (Phi) is 8.18. The number of rotatable bonds is 7. The summed E-state index contributed by atoms with van der Waals surface area (Å²) in [5, 5.41) is 0. The molecule has 4 nitrogen and oxygen atoms in total. The molecule has 0 aromatic heterocycles. The summed E-state index contributed by atoms with van der Waals surface area (Å²) in [5.74, 6) is 0. The number of unbranched alkanes of at least 4 members (excludes halogenated alkanes) is 2. The Morgan fingerprint density at radius 3 is 2.28 bits per heavy atom. The summed E-state index contributed by atoms with van der Waals surface area (Å²) in [7, 11) is -3.35.